The number of anilines is 1. The van der Waals surface area contributed by atoms with Crippen molar-refractivity contribution in [2.75, 3.05) is 57.1 Å². The Morgan fingerprint density at radius 1 is 1.00 bits per heavy atom. The average Bonchev–Trinajstić information content (AvgIpc) is 3.41. The molecule has 5 rings (SSSR count). The Labute approximate surface area is 252 Å². The van der Waals surface area contributed by atoms with E-state index in [2.05, 4.69) is 9.88 Å². The minimum atomic E-state index is -3.69. The van der Waals surface area contributed by atoms with E-state index in [1.807, 2.05) is 6.92 Å². The van der Waals surface area contributed by atoms with Crippen LogP contribution in [0.2, 0.25) is 0 Å². The molecule has 1 amide bonds. The molecule has 1 aromatic heterocycles. The number of sulfonamides is 1. The monoisotopic (exact) mass is 634 g/mol. The third kappa shape index (κ3) is 6.87. The molecule has 2 aromatic carbocycles. The predicted molar refractivity (Wildman–Crippen MR) is 165 cm³/mol. The third-order valence-electron chi connectivity index (χ3n) is 8.00. The Balaban J connectivity index is 1.42. The van der Waals surface area contributed by atoms with Crippen LogP contribution in [0, 0.1) is 0 Å². The van der Waals surface area contributed by atoms with E-state index < -0.39 is 19.9 Å². The van der Waals surface area contributed by atoms with Gasteiger partial charge in [0.05, 0.1) is 33.2 Å². The van der Waals surface area contributed by atoms with Gasteiger partial charge >= 0.3 is 0 Å². The highest BCUT2D eigenvalue weighted by atomic mass is 32.2. The van der Waals surface area contributed by atoms with Gasteiger partial charge in [-0.15, -0.1) is 0 Å². The van der Waals surface area contributed by atoms with Crippen molar-refractivity contribution in [3.63, 3.8) is 0 Å². The number of hydrogen-bond donors (Lipinski definition) is 0. The van der Waals surface area contributed by atoms with Crippen LogP contribution >= 0.6 is 11.3 Å². The molecular formula is C29H38N4O6S3. The lowest BCUT2D eigenvalue weighted by Crippen LogP contribution is -2.43. The van der Waals surface area contributed by atoms with Crippen molar-refractivity contribution in [2.24, 2.45) is 0 Å². The number of rotatable bonds is 10. The Morgan fingerprint density at radius 3 is 2.31 bits per heavy atom. The minimum Gasteiger partial charge on any atom is -0.379 e. The molecule has 1 aliphatic heterocycles. The van der Waals surface area contributed by atoms with Gasteiger partial charge in [0.25, 0.3) is 5.91 Å². The van der Waals surface area contributed by atoms with Crippen LogP contribution < -0.4 is 4.90 Å². The summed E-state index contributed by atoms with van der Waals surface area (Å²) in [5.74, 6) is -0.297. The highest BCUT2D eigenvalue weighted by Gasteiger charge is 2.31. The molecular weight excluding hydrogens is 597 g/mol. The number of benzene rings is 2. The third-order valence-corrected chi connectivity index (χ3v) is 12.2. The van der Waals surface area contributed by atoms with E-state index in [4.69, 9.17) is 4.74 Å². The van der Waals surface area contributed by atoms with Crippen LogP contribution in [0.4, 0.5) is 5.13 Å². The quantitative estimate of drug-likeness (QED) is 0.328. The Morgan fingerprint density at radius 2 is 1.67 bits per heavy atom. The van der Waals surface area contributed by atoms with Crippen LogP contribution in [0.5, 0.6) is 0 Å². The van der Waals surface area contributed by atoms with E-state index in [1.165, 1.54) is 29.5 Å². The van der Waals surface area contributed by atoms with Crippen molar-refractivity contribution < 1.29 is 26.4 Å². The first-order valence-electron chi connectivity index (χ1n) is 14.4. The first-order chi connectivity index (χ1) is 20.1. The number of nitrogens with zero attached hydrogens (tertiary/aromatic N) is 4. The van der Waals surface area contributed by atoms with Crippen molar-refractivity contribution in [1.29, 1.82) is 0 Å². The van der Waals surface area contributed by atoms with E-state index in [0.29, 0.717) is 53.8 Å². The van der Waals surface area contributed by atoms with Gasteiger partial charge in [-0.1, -0.05) is 37.5 Å². The van der Waals surface area contributed by atoms with Gasteiger partial charge in [-0.2, -0.15) is 4.31 Å². The second kappa shape index (κ2) is 13.1. The zero-order chi connectivity index (χ0) is 29.9. The van der Waals surface area contributed by atoms with Crippen LogP contribution in [-0.2, 0) is 24.6 Å². The number of aromatic nitrogens is 1. The number of ether oxygens (including phenoxy) is 1. The summed E-state index contributed by atoms with van der Waals surface area (Å²) in [5.41, 5.74) is 0.961. The molecule has 2 aliphatic rings. The van der Waals surface area contributed by atoms with Gasteiger partial charge in [0.1, 0.15) is 0 Å². The second-order valence-corrected chi connectivity index (χ2v) is 15.7. The maximum atomic E-state index is 13.9. The number of carbonyl (C=O) groups excluding carboxylic acids is 1. The smallest absolute Gasteiger partial charge is 0.260 e. The number of amides is 1. The fraction of sp³-hybridized carbons (Fsp3) is 0.517. The summed E-state index contributed by atoms with van der Waals surface area (Å²) >= 11 is 1.26. The predicted octanol–water partition coefficient (Wildman–Crippen LogP) is 4.02. The van der Waals surface area contributed by atoms with Crippen LogP contribution in [0.25, 0.3) is 10.2 Å². The summed E-state index contributed by atoms with van der Waals surface area (Å²) in [5, 5.41) is 0.458. The molecule has 1 aliphatic carbocycles. The Bertz CT molecular complexity index is 1610. The summed E-state index contributed by atoms with van der Waals surface area (Å²) in [7, 11) is -7.09. The largest absolute Gasteiger partial charge is 0.379 e. The first kappa shape index (κ1) is 31.0. The lowest BCUT2D eigenvalue weighted by atomic mass is 9.95. The SMILES string of the molecule is CCN(C1CCCCC1)S(=O)(=O)c1ccc(C(=O)N(CCN2CCOCC2)c2nc3ccc(S(C)(=O)=O)cc3s2)cc1. The number of carbonyl (C=O) groups is 1. The lowest BCUT2D eigenvalue weighted by molar-refractivity contribution is 0.0391. The summed E-state index contributed by atoms with van der Waals surface area (Å²) in [6.45, 7) is 6.04. The summed E-state index contributed by atoms with van der Waals surface area (Å²) in [6.07, 6.45) is 6.11. The molecule has 0 unspecified atom stereocenters. The highest BCUT2D eigenvalue weighted by molar-refractivity contribution is 7.90. The number of thiazole rings is 1. The number of fused-ring (bicyclic) bond motifs is 1. The van der Waals surface area contributed by atoms with Crippen molar-refractivity contribution in [3.8, 4) is 0 Å². The second-order valence-electron chi connectivity index (χ2n) is 10.8. The zero-order valence-corrected chi connectivity index (χ0v) is 26.5. The number of morpholine rings is 1. The molecule has 1 saturated heterocycles. The molecule has 42 heavy (non-hydrogen) atoms. The molecule has 0 atom stereocenters. The van der Waals surface area contributed by atoms with Crippen LogP contribution in [0.3, 0.4) is 0 Å². The molecule has 2 fully saturated rings. The molecule has 2 heterocycles. The van der Waals surface area contributed by atoms with Gasteiger partial charge in [0.15, 0.2) is 15.0 Å². The van der Waals surface area contributed by atoms with Gasteiger partial charge in [-0.05, 0) is 55.3 Å². The fourth-order valence-corrected chi connectivity index (χ4v) is 9.09. The van der Waals surface area contributed by atoms with E-state index in [0.717, 1.165) is 51.4 Å². The van der Waals surface area contributed by atoms with Gasteiger partial charge in [-0.25, -0.2) is 21.8 Å². The van der Waals surface area contributed by atoms with Gasteiger partial charge in [0, 0.05) is 50.6 Å². The van der Waals surface area contributed by atoms with E-state index in [9.17, 15) is 21.6 Å². The normalized spacial score (nSPS) is 17.6. The van der Waals surface area contributed by atoms with Crippen molar-refractivity contribution >= 4 is 52.5 Å². The van der Waals surface area contributed by atoms with Crippen LogP contribution in [-0.4, -0.2) is 95.2 Å². The van der Waals surface area contributed by atoms with Gasteiger partial charge < -0.3 is 4.74 Å². The van der Waals surface area contributed by atoms with Crippen LogP contribution in [0.15, 0.2) is 52.3 Å². The summed E-state index contributed by atoms with van der Waals surface area (Å²) in [4.78, 5) is 22.8. The molecule has 228 valence electrons. The maximum absolute atomic E-state index is 13.9. The molecule has 0 spiro atoms. The lowest BCUT2D eigenvalue weighted by Gasteiger charge is -2.32. The van der Waals surface area contributed by atoms with Crippen molar-refractivity contribution in [3.05, 3.63) is 48.0 Å². The Hall–Kier alpha value is -2.42. The maximum Gasteiger partial charge on any atom is 0.260 e. The van der Waals surface area contributed by atoms with Crippen LogP contribution in [0.1, 0.15) is 49.4 Å². The molecule has 13 heteroatoms. The molecule has 0 N–H and O–H groups in total. The van der Waals surface area contributed by atoms with E-state index >= 15 is 0 Å². The molecule has 3 aromatic rings. The number of hydrogen-bond acceptors (Lipinski definition) is 9. The molecule has 0 bridgehead atoms. The van der Waals surface area contributed by atoms with Gasteiger partial charge in [0.2, 0.25) is 10.0 Å². The fourth-order valence-electron chi connectivity index (χ4n) is 5.64. The first-order valence-corrected chi connectivity index (χ1v) is 18.6. The highest BCUT2D eigenvalue weighted by Crippen LogP contribution is 2.32. The van der Waals surface area contributed by atoms with Gasteiger partial charge in [-0.3, -0.25) is 14.6 Å². The summed E-state index contributed by atoms with van der Waals surface area (Å²) < 4.78 is 59.0. The summed E-state index contributed by atoms with van der Waals surface area (Å²) in [6, 6.07) is 10.9. The zero-order valence-electron chi connectivity index (χ0n) is 24.1. The molecule has 0 radical (unpaired) electrons. The molecule has 1 saturated carbocycles. The van der Waals surface area contributed by atoms with Crippen molar-refractivity contribution in [2.45, 2.75) is 54.9 Å². The van der Waals surface area contributed by atoms with E-state index in [-0.39, 0.29) is 21.7 Å². The van der Waals surface area contributed by atoms with E-state index in [1.54, 1.807) is 33.5 Å². The minimum absolute atomic E-state index is 0.00739. The molecule has 10 nitrogen and oxygen atoms in total. The average molecular weight is 635 g/mol. The van der Waals surface area contributed by atoms with Crippen molar-refractivity contribution in [1.82, 2.24) is 14.2 Å². The number of sulfone groups is 1. The standard InChI is InChI=1S/C29H38N4O6S3/c1-3-33(23-7-5-4-6-8-23)42(37,38)24-11-9-22(10-12-24)28(34)32(16-15-31-17-19-39-20-18-31)29-30-26-14-13-25(41(2,35)36)21-27(26)40-29/h9-14,21,23H,3-8,15-20H2,1-2H3. The topological polar surface area (TPSA) is 117 Å². The Kier molecular flexibility index (Phi) is 9.65.